The average molecular weight is 346 g/mol. The first-order valence-electron chi connectivity index (χ1n) is 5.89. The Morgan fingerprint density at radius 3 is 2.11 bits per heavy atom. The standard InChI is InChI=1S/C13H16Cl4O2/c1-5-7(2)8-6-11(16)9(14)10(15)12(8,17)13(11,18-3)19-4/h5-6,9-10H,1-4H3/b7-5-. The fourth-order valence-corrected chi connectivity index (χ4v) is 5.33. The number of hydrogen-bond acceptors (Lipinski definition) is 2. The van der Waals surface area contributed by atoms with Gasteiger partial charge in [0.25, 0.3) is 0 Å². The lowest BCUT2D eigenvalue weighted by Crippen LogP contribution is -2.57. The normalized spacial score (nSPS) is 44.6. The van der Waals surface area contributed by atoms with E-state index in [1.54, 1.807) is 0 Å². The van der Waals surface area contributed by atoms with E-state index >= 15 is 0 Å². The quantitative estimate of drug-likeness (QED) is 0.567. The molecule has 2 rings (SSSR count). The van der Waals surface area contributed by atoms with Crippen LogP contribution in [0.2, 0.25) is 0 Å². The van der Waals surface area contributed by atoms with E-state index in [2.05, 4.69) is 0 Å². The van der Waals surface area contributed by atoms with Crippen molar-refractivity contribution in [2.75, 3.05) is 14.2 Å². The van der Waals surface area contributed by atoms with Crippen molar-refractivity contribution in [3.05, 3.63) is 23.3 Å². The highest BCUT2D eigenvalue weighted by Crippen LogP contribution is 2.68. The van der Waals surface area contributed by atoms with Crippen molar-refractivity contribution < 1.29 is 9.47 Å². The van der Waals surface area contributed by atoms with Crippen molar-refractivity contribution >= 4 is 46.4 Å². The molecule has 0 aromatic rings. The van der Waals surface area contributed by atoms with Gasteiger partial charge in [-0.05, 0) is 19.4 Å². The molecule has 2 bridgehead atoms. The van der Waals surface area contributed by atoms with Crippen LogP contribution in [0.25, 0.3) is 0 Å². The van der Waals surface area contributed by atoms with Crippen molar-refractivity contribution in [3.63, 3.8) is 0 Å². The molecule has 2 aliphatic rings. The van der Waals surface area contributed by atoms with Crippen LogP contribution < -0.4 is 0 Å². The van der Waals surface area contributed by atoms with Crippen LogP contribution in [-0.2, 0) is 9.47 Å². The first-order valence-corrected chi connectivity index (χ1v) is 7.52. The Morgan fingerprint density at radius 2 is 1.74 bits per heavy atom. The SMILES string of the molecule is C/C=C(/C)C1=CC2(Cl)C(Cl)C(Cl)C1(Cl)C2(OC)OC. The highest BCUT2D eigenvalue weighted by atomic mass is 35.5. The minimum atomic E-state index is -1.29. The number of rotatable bonds is 3. The topological polar surface area (TPSA) is 18.5 Å². The number of fused-ring (bicyclic) bond motifs is 2. The Morgan fingerprint density at radius 1 is 1.21 bits per heavy atom. The zero-order chi connectivity index (χ0) is 14.6. The second-order valence-electron chi connectivity index (χ2n) is 4.84. The third kappa shape index (κ3) is 1.54. The fraction of sp³-hybridized carbons (Fsp3) is 0.692. The van der Waals surface area contributed by atoms with Gasteiger partial charge in [-0.1, -0.05) is 17.7 Å². The van der Waals surface area contributed by atoms with Crippen LogP contribution in [0, 0.1) is 0 Å². The van der Waals surface area contributed by atoms with Gasteiger partial charge in [0.05, 0.1) is 10.8 Å². The van der Waals surface area contributed by atoms with E-state index in [1.807, 2.05) is 26.0 Å². The van der Waals surface area contributed by atoms with Crippen molar-refractivity contribution in [2.24, 2.45) is 0 Å². The summed E-state index contributed by atoms with van der Waals surface area (Å²) in [5.41, 5.74) is 1.79. The van der Waals surface area contributed by atoms with Crippen LogP contribution in [0.5, 0.6) is 0 Å². The molecule has 6 heteroatoms. The summed E-state index contributed by atoms with van der Waals surface area (Å²) in [7, 11) is 3.00. The lowest BCUT2D eigenvalue weighted by molar-refractivity contribution is -0.216. The largest absolute Gasteiger partial charge is 0.350 e. The molecule has 0 saturated heterocycles. The van der Waals surface area contributed by atoms with Gasteiger partial charge in [-0.25, -0.2) is 0 Å². The molecule has 108 valence electrons. The van der Waals surface area contributed by atoms with Crippen LogP contribution in [0.1, 0.15) is 13.8 Å². The van der Waals surface area contributed by atoms with Gasteiger partial charge in [-0.15, -0.1) is 46.4 Å². The van der Waals surface area contributed by atoms with Gasteiger partial charge in [0.2, 0.25) is 5.79 Å². The predicted molar refractivity (Wildman–Crippen MR) is 80.7 cm³/mol. The van der Waals surface area contributed by atoms with E-state index in [0.717, 1.165) is 11.1 Å². The summed E-state index contributed by atoms with van der Waals surface area (Å²) < 4.78 is 11.1. The summed E-state index contributed by atoms with van der Waals surface area (Å²) in [5.74, 6) is -1.29. The van der Waals surface area contributed by atoms with Gasteiger partial charge in [0.15, 0.2) is 0 Å². The Hall–Kier alpha value is 0.560. The van der Waals surface area contributed by atoms with Crippen molar-refractivity contribution in [1.82, 2.24) is 0 Å². The fourth-order valence-electron chi connectivity index (χ4n) is 3.12. The molecular weight excluding hydrogens is 330 g/mol. The van der Waals surface area contributed by atoms with Gasteiger partial charge in [0.1, 0.15) is 9.75 Å². The number of halogens is 4. The van der Waals surface area contributed by atoms with Crippen LogP contribution in [0.15, 0.2) is 23.3 Å². The lowest BCUT2D eigenvalue weighted by Gasteiger charge is -2.41. The zero-order valence-electron chi connectivity index (χ0n) is 11.1. The van der Waals surface area contributed by atoms with Crippen LogP contribution >= 0.6 is 46.4 Å². The molecule has 0 aliphatic heterocycles. The zero-order valence-corrected chi connectivity index (χ0v) is 14.2. The van der Waals surface area contributed by atoms with E-state index in [4.69, 9.17) is 55.9 Å². The number of methoxy groups -OCH3 is 2. The molecule has 19 heavy (non-hydrogen) atoms. The Bertz CT molecular complexity index is 458. The Balaban J connectivity index is 2.73. The molecule has 2 nitrogen and oxygen atoms in total. The van der Waals surface area contributed by atoms with Crippen LogP contribution in [0.4, 0.5) is 0 Å². The van der Waals surface area contributed by atoms with Crippen LogP contribution in [-0.4, -0.2) is 40.5 Å². The van der Waals surface area contributed by atoms with Crippen molar-refractivity contribution in [3.8, 4) is 0 Å². The highest BCUT2D eigenvalue weighted by Gasteiger charge is 2.81. The molecule has 0 spiro atoms. The Labute approximate surface area is 133 Å². The molecule has 2 aliphatic carbocycles. The Kier molecular flexibility index (Phi) is 4.02. The minimum absolute atomic E-state index is 0.596. The molecule has 0 aromatic carbocycles. The summed E-state index contributed by atoms with van der Waals surface area (Å²) in [6, 6.07) is 0. The number of hydrogen-bond donors (Lipinski definition) is 0. The van der Waals surface area contributed by atoms with Gasteiger partial charge in [0, 0.05) is 14.2 Å². The molecule has 0 amide bonds. The first-order chi connectivity index (χ1) is 8.76. The van der Waals surface area contributed by atoms with Crippen molar-refractivity contribution in [2.45, 2.75) is 40.1 Å². The monoisotopic (exact) mass is 344 g/mol. The second-order valence-corrected chi connectivity index (χ2v) is 7.00. The molecule has 1 saturated carbocycles. The van der Waals surface area contributed by atoms with Crippen molar-refractivity contribution in [1.29, 1.82) is 0 Å². The third-order valence-corrected chi connectivity index (χ3v) is 7.01. The summed E-state index contributed by atoms with van der Waals surface area (Å²) in [6.07, 6.45) is 3.76. The first kappa shape index (κ1) is 15.9. The van der Waals surface area contributed by atoms with Gasteiger partial charge < -0.3 is 9.47 Å². The van der Waals surface area contributed by atoms with E-state index in [-0.39, 0.29) is 0 Å². The van der Waals surface area contributed by atoms with Gasteiger partial charge in [-0.2, -0.15) is 0 Å². The molecular formula is C13H16Cl4O2. The summed E-state index contributed by atoms with van der Waals surface area (Å²) in [4.78, 5) is -2.23. The number of ether oxygens (including phenoxy) is 2. The summed E-state index contributed by atoms with van der Waals surface area (Å²) >= 11 is 26.4. The number of alkyl halides is 4. The molecule has 0 aromatic heterocycles. The second kappa shape index (κ2) is 4.79. The lowest BCUT2D eigenvalue weighted by atomic mass is 9.90. The molecule has 4 atom stereocenters. The van der Waals surface area contributed by atoms with Gasteiger partial charge >= 0.3 is 0 Å². The maximum atomic E-state index is 6.83. The summed E-state index contributed by atoms with van der Waals surface area (Å²) in [6.45, 7) is 3.87. The highest BCUT2D eigenvalue weighted by molar-refractivity contribution is 6.46. The van der Waals surface area contributed by atoms with E-state index in [0.29, 0.717) is 0 Å². The van der Waals surface area contributed by atoms with Crippen LogP contribution in [0.3, 0.4) is 0 Å². The molecule has 4 unspecified atom stereocenters. The molecule has 0 N–H and O–H groups in total. The maximum Gasteiger partial charge on any atom is 0.217 e. The molecule has 0 heterocycles. The minimum Gasteiger partial charge on any atom is -0.350 e. The smallest absolute Gasteiger partial charge is 0.217 e. The third-order valence-electron chi connectivity index (χ3n) is 4.20. The van der Waals surface area contributed by atoms with E-state index < -0.39 is 26.3 Å². The van der Waals surface area contributed by atoms with E-state index in [9.17, 15) is 0 Å². The predicted octanol–water partition coefficient (Wildman–Crippen LogP) is 4.07. The van der Waals surface area contributed by atoms with Gasteiger partial charge in [-0.3, -0.25) is 0 Å². The summed E-state index contributed by atoms with van der Waals surface area (Å²) in [5, 5.41) is -1.20. The number of allylic oxidation sites excluding steroid dienone is 2. The average Bonchev–Trinajstić information content (AvgIpc) is 2.69. The maximum absolute atomic E-state index is 6.83. The molecule has 1 fully saturated rings. The molecule has 0 radical (unpaired) electrons. The van der Waals surface area contributed by atoms with E-state index in [1.165, 1.54) is 14.2 Å².